The van der Waals surface area contributed by atoms with Gasteiger partial charge in [0.15, 0.2) is 0 Å². The molecule has 0 aromatic heterocycles. The molecule has 0 aromatic rings. The second-order valence-electron chi connectivity index (χ2n) is 4.64. The van der Waals surface area contributed by atoms with Gasteiger partial charge in [-0.3, -0.25) is 4.79 Å². The van der Waals surface area contributed by atoms with E-state index >= 15 is 0 Å². The van der Waals surface area contributed by atoms with Crippen molar-refractivity contribution in [1.29, 1.82) is 0 Å². The fraction of sp³-hybridized carbons (Fsp3) is 0.909. The van der Waals surface area contributed by atoms with E-state index < -0.39 is 5.97 Å². The summed E-state index contributed by atoms with van der Waals surface area (Å²) in [6.07, 6.45) is 3.09. The average molecular weight is 184 g/mol. The Morgan fingerprint density at radius 2 is 1.92 bits per heavy atom. The quantitative estimate of drug-likeness (QED) is 0.732. The van der Waals surface area contributed by atoms with Gasteiger partial charge < -0.3 is 5.11 Å². The lowest BCUT2D eigenvalue weighted by Gasteiger charge is -2.26. The average Bonchev–Trinajstić information content (AvgIpc) is 2.50. The Morgan fingerprint density at radius 3 is 2.38 bits per heavy atom. The van der Waals surface area contributed by atoms with Crippen LogP contribution in [0.5, 0.6) is 0 Å². The number of carbonyl (C=O) groups is 1. The Bertz CT molecular complexity index is 187. The molecule has 1 fully saturated rings. The van der Waals surface area contributed by atoms with Gasteiger partial charge >= 0.3 is 5.97 Å². The van der Waals surface area contributed by atoms with Crippen molar-refractivity contribution in [2.24, 2.45) is 23.7 Å². The molecule has 1 N–H and O–H groups in total. The first-order chi connectivity index (χ1) is 6.04. The van der Waals surface area contributed by atoms with Crippen LogP contribution in [0.1, 0.15) is 40.0 Å². The van der Waals surface area contributed by atoms with Crippen molar-refractivity contribution >= 4 is 5.97 Å². The van der Waals surface area contributed by atoms with E-state index in [0.717, 1.165) is 19.3 Å². The number of rotatable bonds is 3. The van der Waals surface area contributed by atoms with Crippen LogP contribution >= 0.6 is 0 Å². The second-order valence-corrected chi connectivity index (χ2v) is 4.64. The molecule has 2 nitrogen and oxygen atoms in total. The monoisotopic (exact) mass is 184 g/mol. The fourth-order valence-electron chi connectivity index (χ4n) is 2.42. The number of hydrogen-bond donors (Lipinski definition) is 1. The van der Waals surface area contributed by atoms with E-state index in [1.54, 1.807) is 0 Å². The van der Waals surface area contributed by atoms with Crippen molar-refractivity contribution in [2.75, 3.05) is 0 Å². The van der Waals surface area contributed by atoms with Gasteiger partial charge in [-0.25, -0.2) is 0 Å². The summed E-state index contributed by atoms with van der Waals surface area (Å²) >= 11 is 0. The van der Waals surface area contributed by atoms with Gasteiger partial charge in [0.2, 0.25) is 0 Å². The standard InChI is InChI=1S/C11H20O2/c1-7(2)8(3)9-5-4-6-10(9)11(12)13/h7-10H,4-6H2,1-3H3,(H,12,13). The Hall–Kier alpha value is -0.530. The molecule has 0 aliphatic heterocycles. The van der Waals surface area contributed by atoms with Crippen LogP contribution < -0.4 is 0 Å². The van der Waals surface area contributed by atoms with Crippen LogP contribution in [-0.4, -0.2) is 11.1 Å². The fourth-order valence-corrected chi connectivity index (χ4v) is 2.42. The van der Waals surface area contributed by atoms with Crippen molar-refractivity contribution < 1.29 is 9.90 Å². The molecule has 1 aliphatic rings. The largest absolute Gasteiger partial charge is 0.481 e. The second kappa shape index (κ2) is 4.12. The molecule has 0 amide bonds. The third-order valence-corrected chi connectivity index (χ3v) is 3.61. The summed E-state index contributed by atoms with van der Waals surface area (Å²) in [5, 5.41) is 9.01. The molecule has 3 atom stereocenters. The molecule has 0 aromatic carbocycles. The minimum absolute atomic E-state index is 0.0719. The molecule has 13 heavy (non-hydrogen) atoms. The lowest BCUT2D eigenvalue weighted by Crippen LogP contribution is -2.26. The van der Waals surface area contributed by atoms with Gasteiger partial charge in [-0.05, 0) is 30.6 Å². The van der Waals surface area contributed by atoms with Crippen LogP contribution in [0.2, 0.25) is 0 Å². The van der Waals surface area contributed by atoms with Gasteiger partial charge in [-0.2, -0.15) is 0 Å². The van der Waals surface area contributed by atoms with E-state index in [1.807, 2.05) is 0 Å². The molecule has 2 heteroatoms. The molecule has 76 valence electrons. The van der Waals surface area contributed by atoms with Crippen LogP contribution in [0.4, 0.5) is 0 Å². The maximum atomic E-state index is 10.9. The predicted octanol–water partition coefficient (Wildman–Crippen LogP) is 2.78. The van der Waals surface area contributed by atoms with E-state index in [2.05, 4.69) is 20.8 Å². The SMILES string of the molecule is CC(C)C(C)C1CCCC1C(=O)O. The van der Waals surface area contributed by atoms with Gasteiger partial charge in [0.05, 0.1) is 5.92 Å². The first kappa shape index (κ1) is 10.6. The van der Waals surface area contributed by atoms with Crippen molar-refractivity contribution in [1.82, 2.24) is 0 Å². The molecule has 1 aliphatic carbocycles. The molecule has 3 unspecified atom stereocenters. The number of aliphatic carboxylic acids is 1. The molecule has 0 radical (unpaired) electrons. The van der Waals surface area contributed by atoms with Gasteiger partial charge in [-0.15, -0.1) is 0 Å². The number of carboxylic acid groups (broad SMARTS) is 1. The summed E-state index contributed by atoms with van der Waals surface area (Å²) in [4.78, 5) is 10.9. The highest BCUT2D eigenvalue weighted by molar-refractivity contribution is 5.70. The Labute approximate surface area is 80.3 Å². The van der Waals surface area contributed by atoms with Gasteiger partial charge in [0, 0.05) is 0 Å². The summed E-state index contributed by atoms with van der Waals surface area (Å²) in [7, 11) is 0. The molecular formula is C11H20O2. The number of hydrogen-bond acceptors (Lipinski definition) is 1. The maximum Gasteiger partial charge on any atom is 0.306 e. The Kier molecular flexibility index (Phi) is 3.34. The third-order valence-electron chi connectivity index (χ3n) is 3.61. The van der Waals surface area contributed by atoms with Crippen molar-refractivity contribution in [2.45, 2.75) is 40.0 Å². The van der Waals surface area contributed by atoms with E-state index in [9.17, 15) is 4.79 Å². The summed E-state index contributed by atoms with van der Waals surface area (Å²) in [6.45, 7) is 6.56. The number of carboxylic acids is 1. The Morgan fingerprint density at radius 1 is 1.31 bits per heavy atom. The predicted molar refractivity (Wildman–Crippen MR) is 52.5 cm³/mol. The van der Waals surface area contributed by atoms with E-state index in [0.29, 0.717) is 17.8 Å². The summed E-state index contributed by atoms with van der Waals surface area (Å²) < 4.78 is 0. The van der Waals surface area contributed by atoms with Gasteiger partial charge in [-0.1, -0.05) is 27.2 Å². The van der Waals surface area contributed by atoms with Gasteiger partial charge in [0.25, 0.3) is 0 Å². The first-order valence-corrected chi connectivity index (χ1v) is 5.26. The minimum atomic E-state index is -0.588. The minimum Gasteiger partial charge on any atom is -0.481 e. The smallest absolute Gasteiger partial charge is 0.306 e. The molecular weight excluding hydrogens is 164 g/mol. The molecule has 0 bridgehead atoms. The normalized spacial score (nSPS) is 30.8. The highest BCUT2D eigenvalue weighted by Gasteiger charge is 2.36. The molecule has 1 rings (SSSR count). The van der Waals surface area contributed by atoms with Crippen molar-refractivity contribution in [3.63, 3.8) is 0 Å². The van der Waals surface area contributed by atoms with Crippen LogP contribution in [0.25, 0.3) is 0 Å². The summed E-state index contributed by atoms with van der Waals surface area (Å²) in [5.74, 6) is 0.901. The highest BCUT2D eigenvalue weighted by atomic mass is 16.4. The Balaban J connectivity index is 2.62. The van der Waals surface area contributed by atoms with Crippen molar-refractivity contribution in [3.05, 3.63) is 0 Å². The van der Waals surface area contributed by atoms with Crippen LogP contribution in [0.3, 0.4) is 0 Å². The topological polar surface area (TPSA) is 37.3 Å². The zero-order chi connectivity index (χ0) is 10.0. The lowest BCUT2D eigenvalue weighted by atomic mass is 9.79. The van der Waals surface area contributed by atoms with E-state index in [-0.39, 0.29) is 5.92 Å². The summed E-state index contributed by atoms with van der Waals surface area (Å²) in [6, 6.07) is 0. The van der Waals surface area contributed by atoms with E-state index in [4.69, 9.17) is 5.11 Å². The molecule has 1 saturated carbocycles. The van der Waals surface area contributed by atoms with Crippen molar-refractivity contribution in [3.8, 4) is 0 Å². The molecule has 0 heterocycles. The zero-order valence-electron chi connectivity index (χ0n) is 8.79. The zero-order valence-corrected chi connectivity index (χ0v) is 8.79. The third kappa shape index (κ3) is 2.23. The summed E-state index contributed by atoms with van der Waals surface area (Å²) in [5.41, 5.74) is 0. The highest BCUT2D eigenvalue weighted by Crippen LogP contribution is 2.39. The first-order valence-electron chi connectivity index (χ1n) is 5.26. The van der Waals surface area contributed by atoms with Crippen LogP contribution in [0.15, 0.2) is 0 Å². The molecule has 0 saturated heterocycles. The van der Waals surface area contributed by atoms with Gasteiger partial charge in [0.1, 0.15) is 0 Å². The molecule has 0 spiro atoms. The maximum absolute atomic E-state index is 10.9. The van der Waals surface area contributed by atoms with Crippen LogP contribution in [0, 0.1) is 23.7 Å². The lowest BCUT2D eigenvalue weighted by molar-refractivity contribution is -0.143. The van der Waals surface area contributed by atoms with E-state index in [1.165, 1.54) is 0 Å². The van der Waals surface area contributed by atoms with Crippen LogP contribution in [-0.2, 0) is 4.79 Å².